The van der Waals surface area contributed by atoms with Gasteiger partial charge in [-0.05, 0) is 22.3 Å². The highest BCUT2D eigenvalue weighted by atomic mass is 32.2. The van der Waals surface area contributed by atoms with Crippen molar-refractivity contribution >= 4 is 35.3 Å². The number of allylic oxidation sites excluding steroid dienone is 2. The molecule has 6 heteroatoms. The highest BCUT2D eigenvalue weighted by molar-refractivity contribution is 8.00. The third-order valence-electron chi connectivity index (χ3n) is 5.77. The van der Waals surface area contributed by atoms with Crippen LogP contribution in [0.1, 0.15) is 30.0 Å². The van der Waals surface area contributed by atoms with E-state index in [4.69, 9.17) is 5.11 Å². The van der Waals surface area contributed by atoms with Crippen molar-refractivity contribution in [2.24, 2.45) is 5.92 Å². The molecule has 0 aliphatic carbocycles. The lowest BCUT2D eigenvalue weighted by Crippen LogP contribution is -2.61. The zero-order valence-corrected chi connectivity index (χ0v) is 18.7. The number of carbonyl (C=O) groups is 3. The summed E-state index contributed by atoms with van der Waals surface area (Å²) in [6, 6.07) is 17.0. The maximum Gasteiger partial charge on any atom is 0.234 e. The maximum absolute atomic E-state index is 12.9. The van der Waals surface area contributed by atoms with Crippen LogP contribution in [0, 0.1) is 5.92 Å². The van der Waals surface area contributed by atoms with Crippen molar-refractivity contribution in [1.82, 2.24) is 4.90 Å². The fraction of sp³-hybridized carbons (Fsp3) is 0.269. The van der Waals surface area contributed by atoms with Crippen LogP contribution >= 0.6 is 11.8 Å². The van der Waals surface area contributed by atoms with Crippen LogP contribution in [0.5, 0.6) is 0 Å². The van der Waals surface area contributed by atoms with Crippen LogP contribution in [0.15, 0.2) is 71.9 Å². The lowest BCUT2D eigenvalue weighted by molar-refractivity contribution is -0.150. The number of hydrogen-bond donors (Lipinski definition) is 1. The molecule has 2 atom stereocenters. The minimum absolute atomic E-state index is 0.00620. The van der Waals surface area contributed by atoms with Crippen LogP contribution in [-0.4, -0.2) is 38.6 Å². The molecule has 0 unspecified atom stereocenters. The van der Waals surface area contributed by atoms with Gasteiger partial charge in [-0.15, -0.1) is 11.8 Å². The molecule has 4 rings (SSSR count). The number of thioether (sulfide) groups is 1. The first kappa shape index (κ1) is 22.2. The molecule has 0 radical (unpaired) electrons. The summed E-state index contributed by atoms with van der Waals surface area (Å²) in [4.78, 5) is 39.4. The zero-order chi connectivity index (χ0) is 22.7. The molecule has 1 fully saturated rings. The molecule has 2 aromatic rings. The smallest absolute Gasteiger partial charge is 0.234 e. The molecule has 2 aromatic carbocycles. The van der Waals surface area contributed by atoms with E-state index in [2.05, 4.69) is 0 Å². The van der Waals surface area contributed by atoms with Crippen LogP contribution in [0.3, 0.4) is 0 Å². The van der Waals surface area contributed by atoms with Gasteiger partial charge in [0.15, 0.2) is 5.78 Å². The van der Waals surface area contributed by atoms with Crippen molar-refractivity contribution in [2.45, 2.75) is 31.7 Å². The topological polar surface area (TPSA) is 74.7 Å². The maximum atomic E-state index is 12.9. The summed E-state index contributed by atoms with van der Waals surface area (Å²) in [5.74, 6) is -0.0138. The number of fused-ring (bicyclic) bond motifs is 1. The number of nitrogens with zero attached hydrogens (tertiary/aromatic N) is 1. The standard InChI is InChI=1S/C26H25NO4S/c1-17(29)24-21(12-11-18-7-9-20(15-28)10-8-18)16-32-26-23(25(31)27(24)26)14-22(30)13-19-5-3-2-4-6-19/h2-12,23,26,28H,13-16H2,1H3/t23-,26-/m1/s1. The van der Waals surface area contributed by atoms with Gasteiger partial charge in [-0.25, -0.2) is 0 Å². The van der Waals surface area contributed by atoms with Crippen LogP contribution < -0.4 is 0 Å². The van der Waals surface area contributed by atoms with E-state index in [1.54, 1.807) is 16.7 Å². The second kappa shape index (κ2) is 9.67. The number of rotatable bonds is 8. The van der Waals surface area contributed by atoms with Crippen LogP contribution in [0.25, 0.3) is 6.08 Å². The number of amides is 1. The minimum Gasteiger partial charge on any atom is -0.392 e. The number of β-lactam (4-membered cyclic amide) rings is 1. The fourth-order valence-electron chi connectivity index (χ4n) is 4.13. The van der Waals surface area contributed by atoms with Gasteiger partial charge in [0.1, 0.15) is 5.78 Å². The first-order valence-electron chi connectivity index (χ1n) is 10.6. The molecule has 2 aliphatic heterocycles. The van der Waals surface area contributed by atoms with Crippen molar-refractivity contribution in [3.8, 4) is 0 Å². The van der Waals surface area contributed by atoms with E-state index in [0.717, 1.165) is 22.3 Å². The summed E-state index contributed by atoms with van der Waals surface area (Å²) in [6.07, 6.45) is 4.32. The molecule has 0 aromatic heterocycles. The number of aliphatic hydroxyl groups is 1. The van der Waals surface area contributed by atoms with Gasteiger partial charge in [-0.3, -0.25) is 19.3 Å². The first-order valence-corrected chi connectivity index (χ1v) is 11.6. The molecule has 0 spiro atoms. The molecule has 2 heterocycles. The fourth-order valence-corrected chi connectivity index (χ4v) is 5.52. The molecular weight excluding hydrogens is 422 g/mol. The minimum atomic E-state index is -0.373. The van der Waals surface area contributed by atoms with Gasteiger partial charge in [0.25, 0.3) is 0 Å². The average molecular weight is 448 g/mol. The number of hydrogen-bond acceptors (Lipinski definition) is 5. The Morgan fingerprint density at radius 1 is 1.06 bits per heavy atom. The molecule has 5 nitrogen and oxygen atoms in total. The Labute approximate surface area is 191 Å². The Bertz CT molecular complexity index is 1090. The summed E-state index contributed by atoms with van der Waals surface area (Å²) in [7, 11) is 0. The Morgan fingerprint density at radius 3 is 2.44 bits per heavy atom. The van der Waals surface area contributed by atoms with Crippen LogP contribution in [0.2, 0.25) is 0 Å². The predicted octanol–water partition coefficient (Wildman–Crippen LogP) is 3.77. The Balaban J connectivity index is 1.47. The predicted molar refractivity (Wildman–Crippen MR) is 125 cm³/mol. The van der Waals surface area contributed by atoms with Crippen molar-refractivity contribution < 1.29 is 19.5 Å². The van der Waals surface area contributed by atoms with Crippen molar-refractivity contribution in [1.29, 1.82) is 0 Å². The molecule has 1 N–H and O–H groups in total. The van der Waals surface area contributed by atoms with Crippen LogP contribution in [-0.2, 0) is 27.4 Å². The van der Waals surface area contributed by atoms with E-state index >= 15 is 0 Å². The molecule has 2 aliphatic rings. The molecule has 0 bridgehead atoms. The van der Waals surface area contributed by atoms with Crippen molar-refractivity contribution in [3.05, 3.63) is 88.6 Å². The monoisotopic (exact) mass is 447 g/mol. The first-order chi connectivity index (χ1) is 15.5. The van der Waals surface area contributed by atoms with Gasteiger partial charge < -0.3 is 5.11 Å². The van der Waals surface area contributed by atoms with E-state index in [9.17, 15) is 14.4 Å². The molecular formula is C26H25NO4S. The third kappa shape index (κ3) is 4.61. The Kier molecular flexibility index (Phi) is 6.72. The van der Waals surface area contributed by atoms with Crippen molar-refractivity contribution in [3.63, 3.8) is 0 Å². The average Bonchev–Trinajstić information content (AvgIpc) is 2.81. The van der Waals surface area contributed by atoms with E-state index in [1.807, 2.05) is 66.7 Å². The Morgan fingerprint density at radius 2 is 1.78 bits per heavy atom. The highest BCUT2D eigenvalue weighted by Crippen LogP contribution is 2.45. The van der Waals surface area contributed by atoms with Gasteiger partial charge in [0.2, 0.25) is 5.91 Å². The summed E-state index contributed by atoms with van der Waals surface area (Å²) in [5.41, 5.74) is 3.98. The second-order valence-electron chi connectivity index (χ2n) is 8.08. The largest absolute Gasteiger partial charge is 0.392 e. The van der Waals surface area contributed by atoms with E-state index in [0.29, 0.717) is 17.9 Å². The summed E-state index contributed by atoms with van der Waals surface area (Å²) in [5, 5.41) is 9.00. The zero-order valence-electron chi connectivity index (χ0n) is 17.9. The second-order valence-corrected chi connectivity index (χ2v) is 9.19. The number of Topliss-reactive ketones (excluding diaryl/α,β-unsaturated/α-hetero) is 2. The number of carbonyl (C=O) groups excluding carboxylic acids is 3. The molecule has 1 saturated heterocycles. The van der Waals surface area contributed by atoms with Gasteiger partial charge >= 0.3 is 0 Å². The SMILES string of the molecule is CC(=O)C1=C(C=Cc2ccc(CO)cc2)CS[C@@H]2[C@H](CC(=O)Cc3ccccc3)C(=O)N12. The molecule has 164 valence electrons. The van der Waals surface area contributed by atoms with Crippen LogP contribution in [0.4, 0.5) is 0 Å². The summed E-state index contributed by atoms with van der Waals surface area (Å²) >= 11 is 1.60. The normalized spacial score (nSPS) is 20.3. The third-order valence-corrected chi connectivity index (χ3v) is 7.13. The van der Waals surface area contributed by atoms with E-state index < -0.39 is 0 Å². The molecule has 1 amide bonds. The molecule has 32 heavy (non-hydrogen) atoms. The highest BCUT2D eigenvalue weighted by Gasteiger charge is 2.52. The number of ketones is 2. The lowest BCUT2D eigenvalue weighted by Gasteiger charge is -2.50. The van der Waals surface area contributed by atoms with Gasteiger partial charge in [-0.2, -0.15) is 0 Å². The van der Waals surface area contributed by atoms with Crippen molar-refractivity contribution in [2.75, 3.05) is 5.75 Å². The van der Waals surface area contributed by atoms with Gasteiger partial charge in [0, 0.05) is 25.5 Å². The van der Waals surface area contributed by atoms with E-state index in [-0.39, 0.29) is 41.8 Å². The molecule has 0 saturated carbocycles. The van der Waals surface area contributed by atoms with Gasteiger partial charge in [0.05, 0.1) is 23.6 Å². The summed E-state index contributed by atoms with van der Waals surface area (Å²) < 4.78 is 0. The van der Waals surface area contributed by atoms with E-state index in [1.165, 1.54) is 6.92 Å². The number of aliphatic hydroxyl groups excluding tert-OH is 1. The number of benzene rings is 2. The van der Waals surface area contributed by atoms with Gasteiger partial charge in [-0.1, -0.05) is 66.7 Å². The Hall–Kier alpha value is -2.96. The summed E-state index contributed by atoms with van der Waals surface area (Å²) in [6.45, 7) is 1.47. The lowest BCUT2D eigenvalue weighted by atomic mass is 9.88. The quantitative estimate of drug-likeness (QED) is 0.624.